The minimum atomic E-state index is -4.35. The average molecular weight is 208 g/mol. The van der Waals surface area contributed by atoms with E-state index in [4.69, 9.17) is 0 Å². The van der Waals surface area contributed by atoms with Gasteiger partial charge in [-0.3, -0.25) is 4.79 Å². The number of H-pyrrole nitrogens is 1. The molecule has 14 heavy (non-hydrogen) atoms. The number of aromatic nitrogens is 2. The molecule has 0 unspecified atom stereocenters. The summed E-state index contributed by atoms with van der Waals surface area (Å²) in [6.07, 6.45) is -2.61. The number of nitrogens with zero attached hydrogens (tertiary/aromatic N) is 1. The highest BCUT2D eigenvalue weighted by molar-refractivity contribution is 5.71. The van der Waals surface area contributed by atoms with Gasteiger partial charge >= 0.3 is 6.18 Å². The third-order valence-electron chi connectivity index (χ3n) is 1.28. The van der Waals surface area contributed by atoms with E-state index in [0.717, 1.165) is 0 Å². The Kier molecular flexibility index (Phi) is 3.23. The van der Waals surface area contributed by atoms with Crippen molar-refractivity contribution >= 4 is 6.29 Å². The van der Waals surface area contributed by atoms with E-state index in [1.165, 1.54) is 6.20 Å². The molecule has 0 amide bonds. The van der Waals surface area contributed by atoms with Crippen LogP contribution in [0, 0.1) is 0 Å². The minimum absolute atomic E-state index is 0.191. The van der Waals surface area contributed by atoms with Gasteiger partial charge in [0.05, 0.1) is 11.9 Å². The molecule has 7 heteroatoms. The van der Waals surface area contributed by atoms with Crippen molar-refractivity contribution < 1.29 is 22.7 Å². The van der Waals surface area contributed by atoms with Crippen molar-refractivity contribution in [2.45, 2.75) is 12.8 Å². The highest BCUT2D eigenvalue weighted by atomic mass is 19.4. The van der Waals surface area contributed by atoms with Gasteiger partial charge < -0.3 is 9.72 Å². The monoisotopic (exact) mass is 208 g/mol. The van der Waals surface area contributed by atoms with Gasteiger partial charge in [-0.05, 0) is 0 Å². The van der Waals surface area contributed by atoms with E-state index in [9.17, 15) is 18.0 Å². The summed E-state index contributed by atoms with van der Waals surface area (Å²) in [5, 5.41) is 0. The van der Waals surface area contributed by atoms with Crippen LogP contribution in [0.25, 0.3) is 0 Å². The minimum Gasteiger partial charge on any atom is -0.364 e. The number of aldehydes is 1. The second kappa shape index (κ2) is 4.23. The number of carbonyl (C=O) groups excluding carboxylic acids is 1. The third-order valence-corrected chi connectivity index (χ3v) is 1.28. The molecule has 0 saturated carbocycles. The summed E-state index contributed by atoms with van der Waals surface area (Å²) in [5.74, 6) is 0.191. The zero-order chi connectivity index (χ0) is 10.6. The van der Waals surface area contributed by atoms with Crippen molar-refractivity contribution in [3.05, 3.63) is 17.7 Å². The summed E-state index contributed by atoms with van der Waals surface area (Å²) in [6, 6.07) is 0. The lowest BCUT2D eigenvalue weighted by Crippen LogP contribution is -2.16. The van der Waals surface area contributed by atoms with Crippen molar-refractivity contribution in [2.75, 3.05) is 6.61 Å². The molecule has 1 N–H and O–H groups in total. The molecule has 1 rings (SSSR count). The van der Waals surface area contributed by atoms with Gasteiger partial charge in [0.15, 0.2) is 6.29 Å². The standard InChI is InChI=1S/C7H7F3N2O2/c8-7(9,10)4-14-3-6-11-1-5(2-13)12-6/h1-2H,3-4H2,(H,11,12). The number of rotatable bonds is 4. The molecule has 0 aliphatic heterocycles. The third kappa shape index (κ3) is 3.56. The van der Waals surface area contributed by atoms with Gasteiger partial charge in [-0.15, -0.1) is 0 Å². The maximum Gasteiger partial charge on any atom is 0.411 e. The van der Waals surface area contributed by atoms with Gasteiger partial charge in [0, 0.05) is 0 Å². The van der Waals surface area contributed by atoms with E-state index >= 15 is 0 Å². The Labute approximate surface area is 77.1 Å². The molecular formula is C7H7F3N2O2. The summed E-state index contributed by atoms with van der Waals surface area (Å²) in [6.45, 7) is -1.63. The molecule has 1 heterocycles. The van der Waals surface area contributed by atoms with Gasteiger partial charge in [0.25, 0.3) is 0 Å². The Morgan fingerprint density at radius 1 is 1.57 bits per heavy atom. The average Bonchev–Trinajstić information content (AvgIpc) is 2.50. The van der Waals surface area contributed by atoms with Gasteiger partial charge in [0.2, 0.25) is 0 Å². The Bertz CT molecular complexity index is 308. The Morgan fingerprint density at radius 2 is 2.29 bits per heavy atom. The second-order valence-electron chi connectivity index (χ2n) is 2.51. The molecule has 1 aromatic heterocycles. The molecule has 0 aliphatic carbocycles. The number of carbonyl (C=O) groups is 1. The summed E-state index contributed by atoms with van der Waals surface area (Å²) in [7, 11) is 0. The van der Waals surface area contributed by atoms with E-state index < -0.39 is 12.8 Å². The van der Waals surface area contributed by atoms with Gasteiger partial charge in [-0.1, -0.05) is 0 Å². The van der Waals surface area contributed by atoms with E-state index in [0.29, 0.717) is 6.29 Å². The Morgan fingerprint density at radius 3 is 2.79 bits per heavy atom. The van der Waals surface area contributed by atoms with Crippen molar-refractivity contribution in [1.29, 1.82) is 0 Å². The SMILES string of the molecule is O=Cc1cnc(COCC(F)(F)F)[nH]1. The van der Waals surface area contributed by atoms with Crippen molar-refractivity contribution in [1.82, 2.24) is 9.97 Å². The summed E-state index contributed by atoms with van der Waals surface area (Å²) >= 11 is 0. The maximum absolute atomic E-state index is 11.6. The van der Waals surface area contributed by atoms with E-state index in [1.54, 1.807) is 0 Å². The second-order valence-corrected chi connectivity index (χ2v) is 2.51. The largest absolute Gasteiger partial charge is 0.411 e. The molecule has 0 atom stereocenters. The van der Waals surface area contributed by atoms with Crippen LogP contribution >= 0.6 is 0 Å². The molecule has 0 bridgehead atoms. The highest BCUT2D eigenvalue weighted by Crippen LogP contribution is 2.14. The van der Waals surface area contributed by atoms with E-state index in [2.05, 4.69) is 14.7 Å². The Balaban J connectivity index is 2.35. The molecular weight excluding hydrogens is 201 g/mol. The predicted molar refractivity (Wildman–Crippen MR) is 39.7 cm³/mol. The summed E-state index contributed by atoms with van der Waals surface area (Å²) in [5.41, 5.74) is 0.204. The molecule has 0 saturated heterocycles. The number of ether oxygens (including phenoxy) is 1. The van der Waals surface area contributed by atoms with Crippen LogP contribution in [0.15, 0.2) is 6.20 Å². The number of imidazole rings is 1. The zero-order valence-corrected chi connectivity index (χ0v) is 6.97. The van der Waals surface area contributed by atoms with Crippen LogP contribution in [-0.2, 0) is 11.3 Å². The van der Waals surface area contributed by atoms with Crippen LogP contribution < -0.4 is 0 Å². The lowest BCUT2D eigenvalue weighted by Gasteiger charge is -2.05. The lowest BCUT2D eigenvalue weighted by molar-refractivity contribution is -0.177. The number of hydrogen-bond donors (Lipinski definition) is 1. The van der Waals surface area contributed by atoms with Gasteiger partial charge in [-0.2, -0.15) is 13.2 Å². The Hall–Kier alpha value is -1.37. The fourth-order valence-electron chi connectivity index (χ4n) is 0.775. The smallest absolute Gasteiger partial charge is 0.364 e. The van der Waals surface area contributed by atoms with Crippen LogP contribution in [0.1, 0.15) is 16.3 Å². The van der Waals surface area contributed by atoms with Crippen molar-refractivity contribution in [3.8, 4) is 0 Å². The van der Waals surface area contributed by atoms with Crippen LogP contribution in [-0.4, -0.2) is 29.0 Å². The number of hydrogen-bond acceptors (Lipinski definition) is 3. The highest BCUT2D eigenvalue weighted by Gasteiger charge is 2.27. The van der Waals surface area contributed by atoms with Crippen LogP contribution in [0.4, 0.5) is 13.2 Å². The number of halogens is 3. The molecule has 1 aromatic rings. The van der Waals surface area contributed by atoms with Gasteiger partial charge in [-0.25, -0.2) is 4.98 Å². The lowest BCUT2D eigenvalue weighted by atomic mass is 10.5. The predicted octanol–water partition coefficient (Wildman–Crippen LogP) is 1.30. The normalized spacial score (nSPS) is 11.6. The molecule has 4 nitrogen and oxygen atoms in total. The summed E-state index contributed by atoms with van der Waals surface area (Å²) < 4.78 is 39.2. The first-order valence-electron chi connectivity index (χ1n) is 3.65. The fraction of sp³-hybridized carbons (Fsp3) is 0.429. The molecule has 0 spiro atoms. The van der Waals surface area contributed by atoms with Gasteiger partial charge in [0.1, 0.15) is 19.0 Å². The summed E-state index contributed by atoms with van der Waals surface area (Å²) in [4.78, 5) is 16.3. The van der Waals surface area contributed by atoms with Crippen LogP contribution in [0.5, 0.6) is 0 Å². The molecule has 0 radical (unpaired) electrons. The van der Waals surface area contributed by atoms with Crippen molar-refractivity contribution in [2.24, 2.45) is 0 Å². The number of nitrogens with one attached hydrogen (secondary N) is 1. The quantitative estimate of drug-likeness (QED) is 0.759. The zero-order valence-electron chi connectivity index (χ0n) is 6.97. The first-order chi connectivity index (χ1) is 6.51. The maximum atomic E-state index is 11.6. The number of aromatic amines is 1. The van der Waals surface area contributed by atoms with E-state index in [1.807, 2.05) is 0 Å². The molecule has 78 valence electrons. The van der Waals surface area contributed by atoms with Crippen LogP contribution in [0.2, 0.25) is 0 Å². The van der Waals surface area contributed by atoms with Crippen molar-refractivity contribution in [3.63, 3.8) is 0 Å². The first-order valence-corrected chi connectivity index (χ1v) is 3.65. The first kappa shape index (κ1) is 10.7. The van der Waals surface area contributed by atoms with Crippen LogP contribution in [0.3, 0.4) is 0 Å². The molecule has 0 aliphatic rings. The number of alkyl halides is 3. The molecule has 0 fully saturated rings. The van der Waals surface area contributed by atoms with E-state index in [-0.39, 0.29) is 18.1 Å². The topological polar surface area (TPSA) is 55.0 Å². The fourth-order valence-corrected chi connectivity index (χ4v) is 0.775. The molecule has 0 aromatic carbocycles.